The lowest BCUT2D eigenvalue weighted by molar-refractivity contribution is -0.124. The monoisotopic (exact) mass is 606 g/mol. The number of ether oxygens (including phenoxy) is 2. The molecular formula is C32H38N4O6S. The van der Waals surface area contributed by atoms with Gasteiger partial charge in [0.05, 0.1) is 29.5 Å². The summed E-state index contributed by atoms with van der Waals surface area (Å²) in [4.78, 5) is 15.9. The maximum Gasteiger partial charge on any atom is 0.259 e. The molecule has 1 atom stereocenters. The van der Waals surface area contributed by atoms with Crippen LogP contribution in [0.5, 0.6) is 5.75 Å². The van der Waals surface area contributed by atoms with Gasteiger partial charge in [-0.1, -0.05) is 57.2 Å². The number of aliphatic hydroxyl groups excluding tert-OH is 1. The first kappa shape index (κ1) is 30.7. The van der Waals surface area contributed by atoms with Crippen molar-refractivity contribution in [3.05, 3.63) is 78.0 Å². The van der Waals surface area contributed by atoms with Crippen LogP contribution in [0.25, 0.3) is 16.5 Å². The van der Waals surface area contributed by atoms with Crippen LogP contribution in [-0.4, -0.2) is 79.8 Å². The number of morpholine rings is 1. The van der Waals surface area contributed by atoms with Crippen molar-refractivity contribution in [2.45, 2.75) is 37.2 Å². The SMILES string of the molecule is CC(C)(C)c1cc(NC(=O)C(O)c2ccc(OCCN3CCOCC3)c3ccccc23)n(-c2cccc(S(C)(=O)=O)c2)n1. The number of nitrogens with one attached hydrogen (secondary N) is 1. The van der Waals surface area contributed by atoms with Crippen LogP contribution in [0.1, 0.15) is 38.1 Å². The Kier molecular flexibility index (Phi) is 8.89. The van der Waals surface area contributed by atoms with E-state index in [0.29, 0.717) is 40.5 Å². The zero-order valence-corrected chi connectivity index (χ0v) is 25.7. The van der Waals surface area contributed by atoms with E-state index in [9.17, 15) is 18.3 Å². The van der Waals surface area contributed by atoms with E-state index in [1.165, 1.54) is 16.8 Å². The number of carbonyl (C=O) groups is 1. The number of rotatable bonds is 9. The van der Waals surface area contributed by atoms with Crippen LogP contribution < -0.4 is 10.1 Å². The second-order valence-corrected chi connectivity index (χ2v) is 13.8. The first-order chi connectivity index (χ1) is 20.4. The number of hydrogen-bond donors (Lipinski definition) is 2. The second-order valence-electron chi connectivity index (χ2n) is 11.7. The summed E-state index contributed by atoms with van der Waals surface area (Å²) in [7, 11) is -3.46. The lowest BCUT2D eigenvalue weighted by Gasteiger charge is -2.26. The van der Waals surface area contributed by atoms with Crippen molar-refractivity contribution >= 4 is 32.3 Å². The number of fused-ring (bicyclic) bond motifs is 1. The molecule has 2 N–H and O–H groups in total. The number of sulfone groups is 1. The number of hydrogen-bond acceptors (Lipinski definition) is 8. The molecule has 1 amide bonds. The van der Waals surface area contributed by atoms with Crippen molar-refractivity contribution in [2.75, 3.05) is 51.0 Å². The molecule has 0 bridgehead atoms. The summed E-state index contributed by atoms with van der Waals surface area (Å²) in [6.07, 6.45) is -0.351. The molecule has 1 saturated heterocycles. The van der Waals surface area contributed by atoms with Crippen LogP contribution in [0, 0.1) is 0 Å². The van der Waals surface area contributed by atoms with E-state index in [0.717, 1.165) is 44.5 Å². The molecule has 0 spiro atoms. The summed E-state index contributed by atoms with van der Waals surface area (Å²) in [5.74, 6) is 0.345. The van der Waals surface area contributed by atoms with Crippen molar-refractivity contribution in [1.29, 1.82) is 0 Å². The third-order valence-corrected chi connectivity index (χ3v) is 8.56. The molecule has 1 aliphatic heterocycles. The molecular weight excluding hydrogens is 568 g/mol. The summed E-state index contributed by atoms with van der Waals surface area (Å²) in [5.41, 5.74) is 1.24. The molecule has 1 aromatic heterocycles. The molecule has 5 rings (SSSR count). The van der Waals surface area contributed by atoms with Gasteiger partial charge in [-0.15, -0.1) is 0 Å². The minimum atomic E-state index is -3.46. The molecule has 1 aliphatic rings. The van der Waals surface area contributed by atoms with Crippen molar-refractivity contribution in [1.82, 2.24) is 14.7 Å². The maximum atomic E-state index is 13.5. The molecule has 43 heavy (non-hydrogen) atoms. The van der Waals surface area contributed by atoms with Crippen LogP contribution in [0.15, 0.2) is 71.6 Å². The van der Waals surface area contributed by atoms with Crippen LogP contribution in [0.3, 0.4) is 0 Å². The highest BCUT2D eigenvalue weighted by atomic mass is 32.2. The van der Waals surface area contributed by atoms with Crippen LogP contribution in [0.4, 0.5) is 5.82 Å². The van der Waals surface area contributed by atoms with E-state index in [1.54, 1.807) is 30.3 Å². The Labute approximate surface area is 252 Å². The van der Waals surface area contributed by atoms with E-state index in [4.69, 9.17) is 9.47 Å². The van der Waals surface area contributed by atoms with Gasteiger partial charge in [0.25, 0.3) is 5.91 Å². The van der Waals surface area contributed by atoms with Crippen molar-refractivity contribution < 1.29 is 27.8 Å². The Morgan fingerprint density at radius 3 is 2.47 bits per heavy atom. The third kappa shape index (κ3) is 7.07. The summed E-state index contributed by atoms with van der Waals surface area (Å²) >= 11 is 0. The van der Waals surface area contributed by atoms with Gasteiger partial charge in [-0.05, 0) is 35.2 Å². The average Bonchev–Trinajstić information content (AvgIpc) is 3.41. The first-order valence-corrected chi connectivity index (χ1v) is 16.2. The Hall–Kier alpha value is -3.77. The standard InChI is InChI=1S/C32H38N4O6S/c1-32(2,3)28-21-29(36(34-28)22-8-7-9-23(20-22)43(4,39)40)33-31(38)30(37)26-12-13-27(25-11-6-5-10-24(25)26)42-19-16-35-14-17-41-18-15-35/h5-13,20-21,30,37H,14-19H2,1-4H3,(H,33,38). The second kappa shape index (κ2) is 12.5. The summed E-state index contributed by atoms with van der Waals surface area (Å²) in [5, 5.41) is 20.3. The molecule has 1 fully saturated rings. The molecule has 228 valence electrons. The highest BCUT2D eigenvalue weighted by Gasteiger charge is 2.26. The van der Waals surface area contributed by atoms with Gasteiger partial charge >= 0.3 is 0 Å². The van der Waals surface area contributed by atoms with Crippen LogP contribution in [0.2, 0.25) is 0 Å². The Balaban J connectivity index is 1.41. The molecule has 2 heterocycles. The molecule has 4 aromatic rings. The van der Waals surface area contributed by atoms with Gasteiger partial charge in [-0.25, -0.2) is 13.1 Å². The van der Waals surface area contributed by atoms with Gasteiger partial charge in [0.2, 0.25) is 0 Å². The van der Waals surface area contributed by atoms with Crippen molar-refractivity contribution in [3.63, 3.8) is 0 Å². The Morgan fingerprint density at radius 2 is 1.77 bits per heavy atom. The van der Waals surface area contributed by atoms with Gasteiger partial charge in [0.1, 0.15) is 18.2 Å². The van der Waals surface area contributed by atoms with Gasteiger partial charge in [-0.3, -0.25) is 9.69 Å². The molecule has 11 heteroatoms. The third-order valence-electron chi connectivity index (χ3n) is 7.45. The van der Waals surface area contributed by atoms with E-state index in [2.05, 4.69) is 15.3 Å². The number of carbonyl (C=O) groups excluding carboxylic acids is 1. The molecule has 0 radical (unpaired) electrons. The predicted molar refractivity (Wildman–Crippen MR) is 166 cm³/mol. The Morgan fingerprint density at radius 1 is 1.05 bits per heavy atom. The summed E-state index contributed by atoms with van der Waals surface area (Å²) in [6, 6.07) is 19.1. The fourth-order valence-corrected chi connectivity index (χ4v) is 5.64. The quantitative estimate of drug-likeness (QED) is 0.292. The highest BCUT2D eigenvalue weighted by Crippen LogP contribution is 2.33. The van der Waals surface area contributed by atoms with E-state index < -0.39 is 21.8 Å². The van der Waals surface area contributed by atoms with Gasteiger partial charge in [0.15, 0.2) is 15.9 Å². The predicted octanol–water partition coefficient (Wildman–Crippen LogP) is 4.11. The topological polar surface area (TPSA) is 123 Å². The van der Waals surface area contributed by atoms with E-state index in [-0.39, 0.29) is 10.3 Å². The molecule has 0 aliphatic carbocycles. The van der Waals surface area contributed by atoms with Crippen LogP contribution >= 0.6 is 0 Å². The fourth-order valence-electron chi connectivity index (χ4n) is 4.98. The number of aliphatic hydroxyl groups is 1. The number of aromatic nitrogens is 2. The fraction of sp³-hybridized carbons (Fsp3) is 0.375. The average molecular weight is 607 g/mol. The van der Waals surface area contributed by atoms with Crippen molar-refractivity contribution in [2.24, 2.45) is 0 Å². The normalized spacial score (nSPS) is 15.4. The van der Waals surface area contributed by atoms with Crippen LogP contribution in [-0.2, 0) is 24.8 Å². The number of benzene rings is 3. The maximum absolute atomic E-state index is 13.5. The molecule has 1 unspecified atom stereocenters. The summed E-state index contributed by atoms with van der Waals surface area (Å²) < 4.78 is 37.4. The van der Waals surface area contributed by atoms with Gasteiger partial charge in [-0.2, -0.15) is 5.10 Å². The molecule has 0 saturated carbocycles. The van der Waals surface area contributed by atoms with Gasteiger partial charge in [0, 0.05) is 42.8 Å². The molecule has 10 nitrogen and oxygen atoms in total. The minimum absolute atomic E-state index is 0.133. The lowest BCUT2D eigenvalue weighted by Crippen LogP contribution is -2.38. The zero-order valence-electron chi connectivity index (χ0n) is 24.9. The number of amides is 1. The zero-order chi connectivity index (χ0) is 30.8. The number of nitrogens with zero attached hydrogens (tertiary/aromatic N) is 3. The largest absolute Gasteiger partial charge is 0.492 e. The Bertz CT molecular complexity index is 1720. The summed E-state index contributed by atoms with van der Waals surface area (Å²) in [6.45, 7) is 10.5. The lowest BCUT2D eigenvalue weighted by atomic mass is 9.92. The smallest absolute Gasteiger partial charge is 0.259 e. The first-order valence-electron chi connectivity index (χ1n) is 14.3. The number of anilines is 1. The van der Waals surface area contributed by atoms with Gasteiger partial charge < -0.3 is 19.9 Å². The molecule has 3 aromatic carbocycles. The van der Waals surface area contributed by atoms with Crippen molar-refractivity contribution in [3.8, 4) is 11.4 Å². The van der Waals surface area contributed by atoms with E-state index >= 15 is 0 Å². The van der Waals surface area contributed by atoms with E-state index in [1.807, 2.05) is 45.0 Å². The highest BCUT2D eigenvalue weighted by molar-refractivity contribution is 7.90. The minimum Gasteiger partial charge on any atom is -0.492 e.